The lowest BCUT2D eigenvalue weighted by Crippen LogP contribution is -2.08. The maximum Gasteiger partial charge on any atom is 0.416 e. The second-order valence-electron chi connectivity index (χ2n) is 4.85. The molecular weight excluding hydrogens is 297 g/mol. The van der Waals surface area contributed by atoms with Crippen LogP contribution in [-0.4, -0.2) is 27.5 Å². The van der Waals surface area contributed by atoms with Crippen LogP contribution in [0.4, 0.5) is 13.2 Å². The minimum atomic E-state index is -4.40. The normalized spacial score (nSPS) is 11.5. The molecule has 1 aromatic heterocycles. The molecule has 1 N–H and O–H groups in total. The summed E-state index contributed by atoms with van der Waals surface area (Å²) >= 11 is 0. The summed E-state index contributed by atoms with van der Waals surface area (Å²) in [4.78, 5) is 19.1. The number of hydrogen-bond acceptors (Lipinski definition) is 4. The van der Waals surface area contributed by atoms with E-state index in [4.69, 9.17) is 5.11 Å². The summed E-state index contributed by atoms with van der Waals surface area (Å²) in [7, 11) is 0. The van der Waals surface area contributed by atoms with E-state index in [1.165, 1.54) is 12.4 Å². The van der Waals surface area contributed by atoms with E-state index in [1.54, 1.807) is 13.0 Å². The minimum Gasteiger partial charge on any atom is -0.388 e. The molecule has 1 heterocycles. The molecule has 0 saturated carbocycles. The highest BCUT2D eigenvalue weighted by Crippen LogP contribution is 2.30. The molecule has 0 aliphatic rings. The van der Waals surface area contributed by atoms with E-state index < -0.39 is 24.1 Å². The molecular formula is C15H13F3N2O2. The Morgan fingerprint density at radius 3 is 2.36 bits per heavy atom. The van der Waals surface area contributed by atoms with Crippen molar-refractivity contribution in [2.24, 2.45) is 0 Å². The van der Waals surface area contributed by atoms with Crippen LogP contribution in [0, 0.1) is 6.92 Å². The van der Waals surface area contributed by atoms with Crippen molar-refractivity contribution in [3.63, 3.8) is 0 Å². The van der Waals surface area contributed by atoms with Gasteiger partial charge in [0.25, 0.3) is 0 Å². The number of aromatic nitrogens is 2. The van der Waals surface area contributed by atoms with Gasteiger partial charge < -0.3 is 5.11 Å². The highest BCUT2D eigenvalue weighted by Gasteiger charge is 2.30. The molecule has 2 aromatic rings. The van der Waals surface area contributed by atoms with Crippen LogP contribution in [0.1, 0.15) is 32.9 Å². The van der Waals surface area contributed by atoms with Gasteiger partial charge in [-0.15, -0.1) is 0 Å². The molecule has 0 aliphatic carbocycles. The molecule has 1 aromatic carbocycles. The number of hydrogen-bond donors (Lipinski definition) is 1. The first-order chi connectivity index (χ1) is 10.3. The van der Waals surface area contributed by atoms with Crippen molar-refractivity contribution in [1.29, 1.82) is 0 Å². The third-order valence-electron chi connectivity index (χ3n) is 3.00. The van der Waals surface area contributed by atoms with Gasteiger partial charge in [-0.3, -0.25) is 4.79 Å². The molecule has 0 aliphatic heterocycles. The average Bonchev–Trinajstić information content (AvgIpc) is 2.45. The molecule has 0 atom stereocenters. The zero-order valence-electron chi connectivity index (χ0n) is 11.7. The van der Waals surface area contributed by atoms with E-state index in [-0.39, 0.29) is 12.0 Å². The molecule has 2 rings (SSSR count). The molecule has 0 spiro atoms. The van der Waals surface area contributed by atoms with Crippen LogP contribution < -0.4 is 0 Å². The Hall–Kier alpha value is -2.28. The van der Waals surface area contributed by atoms with Gasteiger partial charge in [-0.1, -0.05) is 11.6 Å². The molecule has 0 bridgehead atoms. The smallest absolute Gasteiger partial charge is 0.388 e. The number of aryl methyl sites for hydroxylation is 1. The highest BCUT2D eigenvalue weighted by molar-refractivity contribution is 5.96. The number of nitrogens with zero attached hydrogens (tertiary/aromatic N) is 2. The van der Waals surface area contributed by atoms with Gasteiger partial charge in [0, 0.05) is 18.8 Å². The van der Waals surface area contributed by atoms with Gasteiger partial charge >= 0.3 is 6.18 Å². The number of aliphatic hydroxyl groups excluding tert-OH is 1. The number of halogens is 3. The first-order valence-electron chi connectivity index (χ1n) is 6.42. The predicted molar refractivity (Wildman–Crippen MR) is 72.4 cm³/mol. The van der Waals surface area contributed by atoms with Crippen LogP contribution in [-0.2, 0) is 12.6 Å². The Kier molecular flexibility index (Phi) is 4.56. The molecule has 4 nitrogen and oxygen atoms in total. The predicted octanol–water partition coefficient (Wildman–Crippen LogP) is 2.57. The van der Waals surface area contributed by atoms with Gasteiger partial charge in [0.2, 0.25) is 0 Å². The Bertz CT molecular complexity index is 682. The second kappa shape index (κ2) is 6.23. The van der Waals surface area contributed by atoms with Gasteiger partial charge in [0.15, 0.2) is 5.78 Å². The van der Waals surface area contributed by atoms with Crippen molar-refractivity contribution < 1.29 is 23.1 Å². The summed E-state index contributed by atoms with van der Waals surface area (Å²) in [6, 6.07) is 3.77. The zero-order valence-corrected chi connectivity index (χ0v) is 11.7. The summed E-state index contributed by atoms with van der Waals surface area (Å²) < 4.78 is 38.3. The van der Waals surface area contributed by atoms with Gasteiger partial charge in [-0.25, -0.2) is 9.97 Å². The van der Waals surface area contributed by atoms with E-state index >= 15 is 0 Å². The quantitative estimate of drug-likeness (QED) is 0.882. The highest BCUT2D eigenvalue weighted by atomic mass is 19.4. The number of benzene rings is 1. The maximum absolute atomic E-state index is 12.8. The van der Waals surface area contributed by atoms with Gasteiger partial charge in [-0.05, 0) is 24.6 Å². The van der Waals surface area contributed by atoms with Crippen molar-refractivity contribution in [3.05, 3.63) is 58.7 Å². The number of carbonyl (C=O) groups excluding carboxylic acids is 1. The first kappa shape index (κ1) is 16.1. The van der Waals surface area contributed by atoms with E-state index in [1.807, 2.05) is 0 Å². The fourth-order valence-corrected chi connectivity index (χ4v) is 1.99. The minimum absolute atomic E-state index is 0.123. The number of ketones is 1. The van der Waals surface area contributed by atoms with Crippen molar-refractivity contribution in [2.75, 3.05) is 6.61 Å². The van der Waals surface area contributed by atoms with Crippen molar-refractivity contribution in [3.8, 4) is 0 Å². The summed E-state index contributed by atoms with van der Waals surface area (Å²) in [6.07, 6.45) is -1.78. The number of alkyl halides is 3. The van der Waals surface area contributed by atoms with Gasteiger partial charge in [-0.2, -0.15) is 13.2 Å². The van der Waals surface area contributed by atoms with E-state index in [0.717, 1.165) is 12.1 Å². The van der Waals surface area contributed by atoms with E-state index in [2.05, 4.69) is 9.97 Å². The summed E-state index contributed by atoms with van der Waals surface area (Å²) in [5.74, 6) is -0.213. The molecule has 0 radical (unpaired) electrons. The molecule has 116 valence electrons. The van der Waals surface area contributed by atoms with Crippen LogP contribution in [0.2, 0.25) is 0 Å². The van der Waals surface area contributed by atoms with Crippen LogP contribution in [0.15, 0.2) is 30.6 Å². The van der Waals surface area contributed by atoms with Crippen molar-refractivity contribution in [2.45, 2.75) is 19.5 Å². The third-order valence-corrected chi connectivity index (χ3v) is 3.00. The molecule has 0 fully saturated rings. The maximum atomic E-state index is 12.8. The first-order valence-corrected chi connectivity index (χ1v) is 6.42. The van der Waals surface area contributed by atoms with Gasteiger partial charge in [0.05, 0.1) is 11.1 Å². The Labute approximate surface area is 124 Å². The lowest BCUT2D eigenvalue weighted by Gasteiger charge is -2.10. The van der Waals surface area contributed by atoms with Crippen LogP contribution in [0.5, 0.6) is 0 Å². The molecule has 0 saturated heterocycles. The Morgan fingerprint density at radius 2 is 1.82 bits per heavy atom. The van der Waals surface area contributed by atoms with Crippen molar-refractivity contribution >= 4 is 5.78 Å². The fraction of sp³-hybridized carbons (Fsp3) is 0.267. The lowest BCUT2D eigenvalue weighted by molar-refractivity contribution is -0.137. The lowest BCUT2D eigenvalue weighted by atomic mass is 10.0. The number of carbonyl (C=O) groups is 1. The standard InChI is InChI=1S/C15H13F3N2O2/c1-9-2-10(4-12(3-9)15(16,17)18)5-14-19-6-11(7-20-14)13(22)8-21/h2-4,6-7,21H,5,8H2,1H3. The Morgan fingerprint density at radius 1 is 1.18 bits per heavy atom. The van der Waals surface area contributed by atoms with Gasteiger partial charge in [0.1, 0.15) is 12.4 Å². The molecule has 0 unspecified atom stereocenters. The SMILES string of the molecule is Cc1cc(Cc2ncc(C(=O)CO)cn2)cc(C(F)(F)F)c1. The second-order valence-corrected chi connectivity index (χ2v) is 4.85. The largest absolute Gasteiger partial charge is 0.416 e. The average molecular weight is 310 g/mol. The molecule has 22 heavy (non-hydrogen) atoms. The summed E-state index contributed by atoms with van der Waals surface area (Å²) in [5, 5.41) is 8.72. The molecule has 7 heteroatoms. The van der Waals surface area contributed by atoms with Crippen molar-refractivity contribution in [1.82, 2.24) is 9.97 Å². The topological polar surface area (TPSA) is 63.1 Å². The number of aliphatic hydroxyl groups is 1. The number of Topliss-reactive ketones (excluding diaryl/α,β-unsaturated/α-hetero) is 1. The van der Waals surface area contributed by atoms with E-state index in [0.29, 0.717) is 17.0 Å². The summed E-state index contributed by atoms with van der Waals surface area (Å²) in [5.41, 5.74) is 0.381. The zero-order chi connectivity index (χ0) is 16.3. The van der Waals surface area contributed by atoms with Crippen LogP contribution >= 0.6 is 0 Å². The number of rotatable bonds is 4. The third kappa shape index (κ3) is 3.88. The van der Waals surface area contributed by atoms with E-state index in [9.17, 15) is 18.0 Å². The molecule has 0 amide bonds. The van der Waals surface area contributed by atoms with Crippen LogP contribution in [0.3, 0.4) is 0 Å². The fourth-order valence-electron chi connectivity index (χ4n) is 1.99. The van der Waals surface area contributed by atoms with Crippen LogP contribution in [0.25, 0.3) is 0 Å². The Balaban J connectivity index is 2.24. The monoisotopic (exact) mass is 310 g/mol. The summed E-state index contributed by atoms with van der Waals surface area (Å²) in [6.45, 7) is 0.943.